The van der Waals surface area contributed by atoms with E-state index < -0.39 is 0 Å². The smallest absolute Gasteiger partial charge is 0.257 e. The topological polar surface area (TPSA) is 80.6 Å². The number of ether oxygens (including phenoxy) is 1. The third-order valence-electron chi connectivity index (χ3n) is 3.66. The van der Waals surface area contributed by atoms with Crippen molar-refractivity contribution in [3.05, 3.63) is 64.1 Å². The zero-order chi connectivity index (χ0) is 17.4. The molecule has 1 aromatic heterocycles. The third kappa shape index (κ3) is 4.96. The molecule has 1 amide bonds. The Morgan fingerprint density at radius 3 is 2.71 bits per heavy atom. The van der Waals surface area contributed by atoms with E-state index in [0.29, 0.717) is 18.8 Å². The monoisotopic (exact) mass is 330 g/mol. The lowest BCUT2D eigenvalue weighted by Gasteiger charge is -2.13. The van der Waals surface area contributed by atoms with Crippen LogP contribution in [-0.2, 0) is 17.8 Å². The molecule has 128 valence electrons. The number of carbonyl (C=O) groups excluding carboxylic acids is 1. The molecule has 0 saturated heterocycles. The first-order valence-electron chi connectivity index (χ1n) is 7.86. The van der Waals surface area contributed by atoms with Gasteiger partial charge >= 0.3 is 0 Å². The Kier molecular flexibility index (Phi) is 6.57. The molecule has 6 nitrogen and oxygen atoms in total. The first-order chi connectivity index (χ1) is 11.6. The Labute approximate surface area is 140 Å². The molecule has 2 N–H and O–H groups in total. The van der Waals surface area contributed by atoms with Gasteiger partial charge in [-0.15, -0.1) is 0 Å². The molecule has 0 spiro atoms. The fourth-order valence-electron chi connectivity index (χ4n) is 2.36. The summed E-state index contributed by atoms with van der Waals surface area (Å²) in [5, 5.41) is 11.8. The highest BCUT2D eigenvalue weighted by atomic mass is 16.5. The van der Waals surface area contributed by atoms with Gasteiger partial charge in [-0.25, -0.2) is 0 Å². The van der Waals surface area contributed by atoms with Crippen molar-refractivity contribution in [1.82, 2.24) is 9.88 Å². The molecule has 6 heteroatoms. The van der Waals surface area contributed by atoms with Crippen LogP contribution >= 0.6 is 0 Å². The van der Waals surface area contributed by atoms with Crippen LogP contribution in [0.15, 0.2) is 47.4 Å². The van der Waals surface area contributed by atoms with Crippen LogP contribution < -0.4 is 15.5 Å². The first-order valence-corrected chi connectivity index (χ1v) is 7.86. The van der Waals surface area contributed by atoms with Crippen molar-refractivity contribution >= 4 is 5.91 Å². The lowest BCUT2D eigenvalue weighted by atomic mass is 10.1. The molecule has 1 heterocycles. The lowest BCUT2D eigenvalue weighted by molar-refractivity contribution is -0.123. The minimum Gasteiger partial charge on any atom is -0.478 e. The quantitative estimate of drug-likeness (QED) is 0.753. The second kappa shape index (κ2) is 8.88. The summed E-state index contributed by atoms with van der Waals surface area (Å²) in [6.45, 7) is 2.34. The van der Waals surface area contributed by atoms with E-state index in [0.717, 1.165) is 12.0 Å². The van der Waals surface area contributed by atoms with E-state index in [1.165, 1.54) is 6.07 Å². The number of nitrogens with zero attached hydrogens (tertiary/aromatic N) is 1. The summed E-state index contributed by atoms with van der Waals surface area (Å²) in [4.78, 5) is 23.7. The maximum absolute atomic E-state index is 11.9. The number of hydrogen-bond donors (Lipinski definition) is 2. The molecule has 0 unspecified atom stereocenters. The number of hydrogen-bond acceptors (Lipinski definition) is 4. The maximum Gasteiger partial charge on any atom is 0.257 e. The number of amides is 1. The Morgan fingerprint density at radius 2 is 2.00 bits per heavy atom. The molecule has 24 heavy (non-hydrogen) atoms. The Hall–Kier alpha value is -2.60. The highest BCUT2D eigenvalue weighted by Gasteiger charge is 2.10. The Bertz CT molecular complexity index is 726. The molecular formula is C18H22N2O4. The van der Waals surface area contributed by atoms with Crippen molar-refractivity contribution in [3.8, 4) is 5.75 Å². The summed E-state index contributed by atoms with van der Waals surface area (Å²) >= 11 is 0. The molecule has 1 aromatic carbocycles. The van der Waals surface area contributed by atoms with Crippen molar-refractivity contribution in [1.29, 1.82) is 0 Å². The standard InChI is InChI=1S/C18H22N2O4/c1-14-18(16(22)8-10-20(14)11-12-21)24-13-17(23)19-9-7-15-5-3-2-4-6-15/h2-6,8,10,21H,7,9,11-13H2,1H3,(H,19,23). The van der Waals surface area contributed by atoms with E-state index >= 15 is 0 Å². The van der Waals surface area contributed by atoms with Gasteiger partial charge in [0.15, 0.2) is 12.4 Å². The number of nitrogens with one attached hydrogen (secondary N) is 1. The summed E-state index contributed by atoms with van der Waals surface area (Å²) in [5.41, 5.74) is 1.46. The van der Waals surface area contributed by atoms with Crippen LogP contribution in [0.4, 0.5) is 0 Å². The number of aliphatic hydroxyl groups excluding tert-OH is 1. The highest BCUT2D eigenvalue weighted by molar-refractivity contribution is 5.77. The first kappa shape index (κ1) is 17.7. The average molecular weight is 330 g/mol. The molecule has 0 aliphatic rings. The second-order valence-electron chi connectivity index (χ2n) is 5.39. The number of carbonyl (C=O) groups is 1. The zero-order valence-electron chi connectivity index (χ0n) is 13.7. The lowest BCUT2D eigenvalue weighted by Crippen LogP contribution is -2.31. The van der Waals surface area contributed by atoms with E-state index in [2.05, 4.69) is 5.32 Å². The fraction of sp³-hybridized carbons (Fsp3) is 0.333. The SMILES string of the molecule is Cc1c(OCC(=O)NCCc2ccccc2)c(=O)ccn1CCO. The number of aromatic nitrogens is 1. The van der Waals surface area contributed by atoms with Crippen molar-refractivity contribution in [2.75, 3.05) is 19.8 Å². The number of aliphatic hydroxyl groups is 1. The van der Waals surface area contributed by atoms with E-state index in [-0.39, 0.29) is 30.3 Å². The van der Waals surface area contributed by atoms with Crippen molar-refractivity contribution in [2.45, 2.75) is 19.9 Å². The number of rotatable bonds is 8. The van der Waals surface area contributed by atoms with Crippen molar-refractivity contribution in [3.63, 3.8) is 0 Å². The van der Waals surface area contributed by atoms with Gasteiger partial charge in [-0.3, -0.25) is 9.59 Å². The van der Waals surface area contributed by atoms with Gasteiger partial charge < -0.3 is 19.7 Å². The summed E-state index contributed by atoms with van der Waals surface area (Å²) in [6.07, 6.45) is 2.33. The van der Waals surface area contributed by atoms with E-state index in [1.807, 2.05) is 30.3 Å². The van der Waals surface area contributed by atoms with Crippen LogP contribution in [0.5, 0.6) is 5.75 Å². The van der Waals surface area contributed by atoms with Crippen LogP contribution in [0.3, 0.4) is 0 Å². The summed E-state index contributed by atoms with van der Waals surface area (Å²) in [5.74, 6) is -0.133. The molecule has 0 aliphatic carbocycles. The summed E-state index contributed by atoms with van der Waals surface area (Å²) < 4.78 is 7.10. The molecular weight excluding hydrogens is 308 g/mol. The fourth-order valence-corrected chi connectivity index (χ4v) is 2.36. The molecule has 2 aromatic rings. The summed E-state index contributed by atoms with van der Waals surface area (Å²) in [6, 6.07) is 11.2. The third-order valence-corrected chi connectivity index (χ3v) is 3.66. The van der Waals surface area contributed by atoms with Gasteiger partial charge in [-0.2, -0.15) is 0 Å². The zero-order valence-corrected chi connectivity index (χ0v) is 13.7. The van der Waals surface area contributed by atoms with Crippen LogP contribution in [0.1, 0.15) is 11.3 Å². The van der Waals surface area contributed by atoms with Crippen molar-refractivity contribution < 1.29 is 14.6 Å². The molecule has 0 radical (unpaired) electrons. The largest absolute Gasteiger partial charge is 0.478 e. The predicted molar refractivity (Wildman–Crippen MR) is 91.2 cm³/mol. The molecule has 2 rings (SSSR count). The second-order valence-corrected chi connectivity index (χ2v) is 5.39. The molecule has 0 aliphatic heterocycles. The average Bonchev–Trinajstić information content (AvgIpc) is 2.58. The van der Waals surface area contributed by atoms with Gasteiger partial charge in [0.25, 0.3) is 5.91 Å². The van der Waals surface area contributed by atoms with Crippen LogP contribution in [0, 0.1) is 6.92 Å². The van der Waals surface area contributed by atoms with Crippen LogP contribution in [0.25, 0.3) is 0 Å². The van der Waals surface area contributed by atoms with Gasteiger partial charge in [0.05, 0.1) is 12.3 Å². The number of pyridine rings is 1. The van der Waals surface area contributed by atoms with E-state index in [1.54, 1.807) is 17.7 Å². The molecule has 0 fully saturated rings. The van der Waals surface area contributed by atoms with E-state index in [9.17, 15) is 9.59 Å². The maximum atomic E-state index is 11.9. The number of benzene rings is 1. The molecule has 0 bridgehead atoms. The minimum absolute atomic E-state index is 0.0386. The van der Waals surface area contributed by atoms with E-state index in [4.69, 9.17) is 9.84 Å². The van der Waals surface area contributed by atoms with Gasteiger partial charge in [-0.05, 0) is 18.9 Å². The van der Waals surface area contributed by atoms with Gasteiger partial charge in [0.1, 0.15) is 0 Å². The predicted octanol–water partition coefficient (Wildman–Crippen LogP) is 0.887. The molecule has 0 saturated carbocycles. The van der Waals surface area contributed by atoms with Gasteiger partial charge in [0.2, 0.25) is 5.43 Å². The molecule has 0 atom stereocenters. The van der Waals surface area contributed by atoms with Gasteiger partial charge in [-0.1, -0.05) is 30.3 Å². The minimum atomic E-state index is -0.279. The van der Waals surface area contributed by atoms with Crippen LogP contribution in [0.2, 0.25) is 0 Å². The van der Waals surface area contributed by atoms with Gasteiger partial charge in [0, 0.05) is 25.4 Å². The van der Waals surface area contributed by atoms with Crippen molar-refractivity contribution in [2.24, 2.45) is 0 Å². The normalized spacial score (nSPS) is 10.4. The Morgan fingerprint density at radius 1 is 1.25 bits per heavy atom. The van der Waals surface area contributed by atoms with Crippen LogP contribution in [-0.4, -0.2) is 35.3 Å². The Balaban J connectivity index is 1.85. The highest BCUT2D eigenvalue weighted by Crippen LogP contribution is 2.11. The summed E-state index contributed by atoms with van der Waals surface area (Å²) in [7, 11) is 0.